The molecule has 0 spiro atoms. The highest BCUT2D eigenvalue weighted by Crippen LogP contribution is 2.34. The summed E-state index contributed by atoms with van der Waals surface area (Å²) in [5.74, 6) is 1.82. The molecule has 1 aromatic heterocycles. The molecule has 1 saturated heterocycles. The van der Waals surface area contributed by atoms with E-state index in [1.54, 1.807) is 6.20 Å². The Balaban J connectivity index is 1.44. The van der Waals surface area contributed by atoms with Gasteiger partial charge >= 0.3 is 6.03 Å². The summed E-state index contributed by atoms with van der Waals surface area (Å²) in [6, 6.07) is 6.96. The Kier molecular flexibility index (Phi) is 4.70. The van der Waals surface area contributed by atoms with Crippen LogP contribution in [0, 0.1) is 0 Å². The number of urea groups is 1. The van der Waals surface area contributed by atoms with E-state index >= 15 is 0 Å². The number of amides is 2. The van der Waals surface area contributed by atoms with Gasteiger partial charge in [-0.15, -0.1) is 0 Å². The van der Waals surface area contributed by atoms with Gasteiger partial charge in [0.15, 0.2) is 0 Å². The number of hydrogen-bond donors (Lipinski definition) is 2. The Bertz CT molecular complexity index is 768. The maximum Gasteiger partial charge on any atom is 0.317 e. The second-order valence-electron chi connectivity index (χ2n) is 7.91. The largest absolute Gasteiger partial charge is 0.348 e. The van der Waals surface area contributed by atoms with Crippen molar-refractivity contribution in [3.8, 4) is 0 Å². The fourth-order valence-corrected chi connectivity index (χ4v) is 4.26. The number of aromatic amines is 1. The Morgan fingerprint density at radius 1 is 1.35 bits per heavy atom. The molecule has 2 aliphatic rings. The van der Waals surface area contributed by atoms with Crippen molar-refractivity contribution in [3.05, 3.63) is 53.1 Å². The lowest BCUT2D eigenvalue weighted by molar-refractivity contribution is 0.174. The van der Waals surface area contributed by atoms with Crippen LogP contribution in [-0.4, -0.2) is 34.0 Å². The van der Waals surface area contributed by atoms with E-state index in [4.69, 9.17) is 0 Å². The number of aromatic nitrogens is 2. The number of benzene rings is 1. The molecule has 26 heavy (non-hydrogen) atoms. The van der Waals surface area contributed by atoms with Crippen molar-refractivity contribution in [1.29, 1.82) is 0 Å². The summed E-state index contributed by atoms with van der Waals surface area (Å²) >= 11 is 0. The molecule has 138 valence electrons. The summed E-state index contributed by atoms with van der Waals surface area (Å²) in [6.07, 6.45) is 7.80. The van der Waals surface area contributed by atoms with Crippen LogP contribution in [0.25, 0.3) is 0 Å². The Morgan fingerprint density at radius 3 is 3.00 bits per heavy atom. The average Bonchev–Trinajstić information content (AvgIpc) is 3.32. The zero-order chi connectivity index (χ0) is 18.1. The number of piperidine rings is 1. The van der Waals surface area contributed by atoms with Gasteiger partial charge in [0.2, 0.25) is 0 Å². The Labute approximate surface area is 155 Å². The minimum absolute atomic E-state index is 0.0639. The van der Waals surface area contributed by atoms with Gasteiger partial charge < -0.3 is 15.2 Å². The second kappa shape index (κ2) is 7.14. The number of aryl methyl sites for hydroxylation is 1. The first-order valence-electron chi connectivity index (χ1n) is 9.79. The van der Waals surface area contributed by atoms with Gasteiger partial charge in [0.05, 0.1) is 6.04 Å². The molecule has 0 radical (unpaired) electrons. The number of nitrogens with one attached hydrogen (secondary N) is 2. The van der Waals surface area contributed by atoms with Crippen LogP contribution in [0.1, 0.15) is 73.5 Å². The fourth-order valence-electron chi connectivity index (χ4n) is 4.26. The number of imidazole rings is 1. The van der Waals surface area contributed by atoms with Crippen molar-refractivity contribution in [2.75, 3.05) is 13.1 Å². The molecule has 2 amide bonds. The van der Waals surface area contributed by atoms with Crippen molar-refractivity contribution >= 4 is 6.03 Å². The van der Waals surface area contributed by atoms with E-state index in [9.17, 15) is 4.79 Å². The van der Waals surface area contributed by atoms with Crippen molar-refractivity contribution < 1.29 is 4.79 Å². The van der Waals surface area contributed by atoms with Crippen LogP contribution in [0.5, 0.6) is 0 Å². The van der Waals surface area contributed by atoms with Crippen molar-refractivity contribution in [2.45, 2.75) is 57.4 Å². The van der Waals surface area contributed by atoms with Gasteiger partial charge in [0.25, 0.3) is 0 Å². The highest BCUT2D eigenvalue weighted by Gasteiger charge is 2.30. The molecule has 1 aliphatic carbocycles. The van der Waals surface area contributed by atoms with Gasteiger partial charge in [-0.3, -0.25) is 0 Å². The van der Waals surface area contributed by atoms with Crippen molar-refractivity contribution in [3.63, 3.8) is 0 Å². The van der Waals surface area contributed by atoms with E-state index in [1.165, 1.54) is 16.7 Å². The number of carbonyl (C=O) groups excluding carboxylic acids is 1. The normalized spacial score (nSPS) is 22.5. The highest BCUT2D eigenvalue weighted by atomic mass is 16.2. The molecule has 2 atom stereocenters. The van der Waals surface area contributed by atoms with Gasteiger partial charge in [0, 0.05) is 31.4 Å². The first kappa shape index (κ1) is 17.1. The van der Waals surface area contributed by atoms with E-state index in [-0.39, 0.29) is 12.1 Å². The third-order valence-electron chi connectivity index (χ3n) is 5.83. The smallest absolute Gasteiger partial charge is 0.317 e. The summed E-state index contributed by atoms with van der Waals surface area (Å²) in [5, 5.41) is 3.29. The molecule has 2 N–H and O–H groups in total. The molecule has 2 heterocycles. The minimum Gasteiger partial charge on any atom is -0.348 e. The molecule has 5 nitrogen and oxygen atoms in total. The standard InChI is InChI=1S/C21H28N4O/c1-14(2)16-6-5-15-7-8-19(18(15)12-16)24-21(26)25-11-3-4-17(13-25)20-22-9-10-23-20/h5-6,9-10,12,14,17,19H,3-4,7-8,11,13H2,1-2H3,(H,22,23)(H,24,26). The van der Waals surface area contributed by atoms with Gasteiger partial charge in [-0.05, 0) is 48.3 Å². The molecule has 2 aromatic rings. The number of hydrogen-bond acceptors (Lipinski definition) is 2. The van der Waals surface area contributed by atoms with Gasteiger partial charge in [-0.1, -0.05) is 32.0 Å². The van der Waals surface area contributed by atoms with Gasteiger partial charge in [0.1, 0.15) is 5.82 Å². The Hall–Kier alpha value is -2.30. The quantitative estimate of drug-likeness (QED) is 0.873. The lowest BCUT2D eigenvalue weighted by Gasteiger charge is -2.33. The van der Waals surface area contributed by atoms with Crippen LogP contribution in [0.3, 0.4) is 0 Å². The molecule has 0 saturated carbocycles. The number of nitrogens with zero attached hydrogens (tertiary/aromatic N) is 2. The Morgan fingerprint density at radius 2 is 2.23 bits per heavy atom. The van der Waals surface area contributed by atoms with Gasteiger partial charge in [-0.25, -0.2) is 9.78 Å². The number of rotatable bonds is 3. The number of likely N-dealkylation sites (tertiary alicyclic amines) is 1. The maximum absolute atomic E-state index is 12.9. The highest BCUT2D eigenvalue weighted by molar-refractivity contribution is 5.75. The van der Waals surface area contributed by atoms with Crippen LogP contribution in [-0.2, 0) is 6.42 Å². The molecule has 2 unspecified atom stereocenters. The second-order valence-corrected chi connectivity index (χ2v) is 7.91. The fraction of sp³-hybridized carbons (Fsp3) is 0.524. The third kappa shape index (κ3) is 3.35. The van der Waals surface area contributed by atoms with Crippen LogP contribution in [0.15, 0.2) is 30.6 Å². The van der Waals surface area contributed by atoms with E-state index < -0.39 is 0 Å². The number of carbonyl (C=O) groups is 1. The molecular weight excluding hydrogens is 324 g/mol. The van der Waals surface area contributed by atoms with Crippen molar-refractivity contribution in [2.24, 2.45) is 0 Å². The van der Waals surface area contributed by atoms with Crippen LogP contribution in [0.2, 0.25) is 0 Å². The third-order valence-corrected chi connectivity index (χ3v) is 5.83. The molecule has 4 rings (SSSR count). The molecule has 5 heteroatoms. The lowest BCUT2D eigenvalue weighted by Crippen LogP contribution is -2.45. The minimum atomic E-state index is 0.0639. The van der Waals surface area contributed by atoms with E-state index in [0.29, 0.717) is 11.8 Å². The van der Waals surface area contributed by atoms with Crippen LogP contribution >= 0.6 is 0 Å². The summed E-state index contributed by atoms with van der Waals surface area (Å²) in [6.45, 7) is 6.00. The summed E-state index contributed by atoms with van der Waals surface area (Å²) in [4.78, 5) is 22.4. The lowest BCUT2D eigenvalue weighted by atomic mass is 9.97. The first-order chi connectivity index (χ1) is 12.6. The topological polar surface area (TPSA) is 61.0 Å². The van der Waals surface area contributed by atoms with E-state index in [0.717, 1.165) is 44.6 Å². The van der Waals surface area contributed by atoms with Crippen LogP contribution in [0.4, 0.5) is 4.79 Å². The zero-order valence-electron chi connectivity index (χ0n) is 15.7. The number of fused-ring (bicyclic) bond motifs is 1. The predicted octanol–water partition coefficient (Wildman–Crippen LogP) is 4.11. The van der Waals surface area contributed by atoms with Gasteiger partial charge in [-0.2, -0.15) is 0 Å². The average molecular weight is 352 g/mol. The molecule has 0 bridgehead atoms. The van der Waals surface area contributed by atoms with Crippen molar-refractivity contribution in [1.82, 2.24) is 20.2 Å². The molecule has 1 aromatic carbocycles. The van der Waals surface area contributed by atoms with E-state index in [2.05, 4.69) is 47.3 Å². The molecular formula is C21H28N4O. The summed E-state index contributed by atoms with van der Waals surface area (Å²) < 4.78 is 0. The SMILES string of the molecule is CC(C)c1ccc2c(c1)C(NC(=O)N1CCCC(c3ncc[nH]3)C1)CC2. The predicted molar refractivity (Wildman–Crippen MR) is 102 cm³/mol. The number of H-pyrrole nitrogens is 1. The summed E-state index contributed by atoms with van der Waals surface area (Å²) in [7, 11) is 0. The maximum atomic E-state index is 12.9. The molecule has 1 fully saturated rings. The zero-order valence-corrected chi connectivity index (χ0v) is 15.7. The summed E-state index contributed by atoms with van der Waals surface area (Å²) in [5.41, 5.74) is 4.04. The monoisotopic (exact) mass is 352 g/mol. The van der Waals surface area contributed by atoms with E-state index in [1.807, 2.05) is 11.1 Å². The molecule has 1 aliphatic heterocycles. The van der Waals surface area contributed by atoms with Crippen LogP contribution < -0.4 is 5.32 Å². The first-order valence-corrected chi connectivity index (χ1v) is 9.79.